The van der Waals surface area contributed by atoms with Crippen LogP contribution in [0, 0.1) is 5.92 Å². The van der Waals surface area contributed by atoms with E-state index >= 15 is 0 Å². The Labute approximate surface area is 137 Å². The summed E-state index contributed by atoms with van der Waals surface area (Å²) in [5.41, 5.74) is 9.12. The lowest BCUT2D eigenvalue weighted by Gasteiger charge is -2.21. The van der Waals surface area contributed by atoms with Gasteiger partial charge in [0.2, 0.25) is 0 Å². The van der Waals surface area contributed by atoms with Gasteiger partial charge in [0, 0.05) is 16.9 Å². The van der Waals surface area contributed by atoms with E-state index in [1.807, 2.05) is 24.3 Å². The fourth-order valence-electron chi connectivity index (χ4n) is 3.29. The van der Waals surface area contributed by atoms with Crippen LogP contribution in [0.3, 0.4) is 0 Å². The average molecular weight is 308 g/mol. The molecule has 2 aromatic rings. The van der Waals surface area contributed by atoms with Crippen molar-refractivity contribution >= 4 is 17.3 Å². The van der Waals surface area contributed by atoms with Crippen molar-refractivity contribution in [3.05, 3.63) is 59.7 Å². The number of anilines is 2. The van der Waals surface area contributed by atoms with E-state index < -0.39 is 0 Å². The summed E-state index contributed by atoms with van der Waals surface area (Å²) in [6, 6.07) is 15.2. The van der Waals surface area contributed by atoms with Crippen LogP contribution in [-0.2, 0) is 6.42 Å². The molecule has 0 spiro atoms. The highest BCUT2D eigenvalue weighted by molar-refractivity contribution is 6.04. The predicted octanol–water partition coefficient (Wildman–Crippen LogP) is 4.64. The quantitative estimate of drug-likeness (QED) is 0.808. The summed E-state index contributed by atoms with van der Waals surface area (Å²) in [6.45, 7) is 0. The number of nitrogens with two attached hydrogens (primary N) is 1. The first-order chi connectivity index (χ1) is 11.2. The molecule has 0 unspecified atom stereocenters. The molecular weight excluding hydrogens is 284 g/mol. The summed E-state index contributed by atoms with van der Waals surface area (Å²) in [6.07, 6.45) is 7.96. The van der Waals surface area contributed by atoms with Gasteiger partial charge in [-0.05, 0) is 54.3 Å². The second-order valence-electron chi connectivity index (χ2n) is 6.48. The Morgan fingerprint density at radius 3 is 2.26 bits per heavy atom. The van der Waals surface area contributed by atoms with Crippen molar-refractivity contribution in [2.75, 3.05) is 11.1 Å². The molecule has 0 aromatic heterocycles. The van der Waals surface area contributed by atoms with Crippen molar-refractivity contribution in [2.24, 2.45) is 5.92 Å². The summed E-state index contributed by atoms with van der Waals surface area (Å²) in [5.74, 6) is 0.734. The lowest BCUT2D eigenvalue weighted by atomic mass is 9.85. The SMILES string of the molecule is Nc1ccc(NC(=O)c2ccc(CC3CCCCC3)cc2)cc1. The first-order valence-electron chi connectivity index (χ1n) is 8.46. The van der Waals surface area contributed by atoms with Crippen LogP contribution in [0.4, 0.5) is 11.4 Å². The minimum absolute atomic E-state index is 0.0843. The Hall–Kier alpha value is -2.29. The van der Waals surface area contributed by atoms with Gasteiger partial charge in [0.25, 0.3) is 5.91 Å². The molecule has 0 aliphatic heterocycles. The van der Waals surface area contributed by atoms with Gasteiger partial charge in [0.1, 0.15) is 0 Å². The number of hydrogen-bond acceptors (Lipinski definition) is 2. The first kappa shape index (κ1) is 15.6. The zero-order valence-corrected chi connectivity index (χ0v) is 13.4. The van der Waals surface area contributed by atoms with Gasteiger partial charge in [0.15, 0.2) is 0 Å². The fraction of sp³-hybridized carbons (Fsp3) is 0.350. The van der Waals surface area contributed by atoms with Crippen LogP contribution in [0.5, 0.6) is 0 Å². The second-order valence-corrected chi connectivity index (χ2v) is 6.48. The van der Waals surface area contributed by atoms with E-state index in [1.54, 1.807) is 12.1 Å². The predicted molar refractivity (Wildman–Crippen MR) is 95.5 cm³/mol. The van der Waals surface area contributed by atoms with Crippen molar-refractivity contribution in [1.82, 2.24) is 0 Å². The van der Waals surface area contributed by atoms with E-state index in [1.165, 1.54) is 37.7 Å². The topological polar surface area (TPSA) is 55.1 Å². The van der Waals surface area contributed by atoms with Gasteiger partial charge in [0.05, 0.1) is 0 Å². The zero-order chi connectivity index (χ0) is 16.1. The number of nitrogen functional groups attached to an aromatic ring is 1. The van der Waals surface area contributed by atoms with Crippen molar-refractivity contribution in [1.29, 1.82) is 0 Å². The summed E-state index contributed by atoms with van der Waals surface area (Å²) < 4.78 is 0. The van der Waals surface area contributed by atoms with E-state index in [4.69, 9.17) is 5.73 Å². The minimum atomic E-state index is -0.0843. The molecule has 1 fully saturated rings. The van der Waals surface area contributed by atoms with Crippen LogP contribution in [0.1, 0.15) is 48.0 Å². The number of nitrogens with one attached hydrogen (secondary N) is 1. The Kier molecular flexibility index (Phi) is 4.96. The lowest BCUT2D eigenvalue weighted by Crippen LogP contribution is -2.12. The Balaban J connectivity index is 1.59. The number of rotatable bonds is 4. The highest BCUT2D eigenvalue weighted by Gasteiger charge is 2.14. The van der Waals surface area contributed by atoms with E-state index in [9.17, 15) is 4.79 Å². The highest BCUT2D eigenvalue weighted by atomic mass is 16.1. The standard InChI is InChI=1S/C20H24N2O/c21-18-10-12-19(13-11-18)22-20(23)17-8-6-16(7-9-17)14-15-4-2-1-3-5-15/h6-13,15H,1-5,14,21H2,(H,22,23). The minimum Gasteiger partial charge on any atom is -0.399 e. The van der Waals surface area contributed by atoms with Crippen LogP contribution in [0.15, 0.2) is 48.5 Å². The second kappa shape index (κ2) is 7.32. The molecule has 1 amide bonds. The highest BCUT2D eigenvalue weighted by Crippen LogP contribution is 2.27. The molecule has 1 aliphatic rings. The normalized spacial score (nSPS) is 15.3. The molecule has 0 saturated heterocycles. The van der Waals surface area contributed by atoms with E-state index in [-0.39, 0.29) is 5.91 Å². The van der Waals surface area contributed by atoms with E-state index in [0.717, 1.165) is 18.0 Å². The molecule has 23 heavy (non-hydrogen) atoms. The summed E-state index contributed by atoms with van der Waals surface area (Å²) >= 11 is 0. The molecule has 3 heteroatoms. The summed E-state index contributed by atoms with van der Waals surface area (Å²) in [4.78, 5) is 12.3. The van der Waals surface area contributed by atoms with Gasteiger partial charge in [-0.25, -0.2) is 0 Å². The molecule has 3 nitrogen and oxygen atoms in total. The Morgan fingerprint density at radius 2 is 1.61 bits per heavy atom. The molecular formula is C20H24N2O. The molecule has 2 aromatic carbocycles. The number of benzene rings is 2. The third-order valence-electron chi connectivity index (χ3n) is 4.63. The number of amides is 1. The third-order valence-corrected chi connectivity index (χ3v) is 4.63. The van der Waals surface area contributed by atoms with Crippen LogP contribution in [0.2, 0.25) is 0 Å². The van der Waals surface area contributed by atoms with Crippen molar-refractivity contribution in [2.45, 2.75) is 38.5 Å². The Morgan fingerprint density at radius 1 is 0.957 bits per heavy atom. The monoisotopic (exact) mass is 308 g/mol. The van der Waals surface area contributed by atoms with Crippen molar-refractivity contribution < 1.29 is 4.79 Å². The van der Waals surface area contributed by atoms with Gasteiger partial charge in [-0.2, -0.15) is 0 Å². The maximum absolute atomic E-state index is 12.3. The third kappa shape index (κ3) is 4.35. The molecule has 1 aliphatic carbocycles. The molecule has 0 radical (unpaired) electrons. The average Bonchev–Trinajstić information content (AvgIpc) is 2.58. The van der Waals surface area contributed by atoms with Gasteiger partial charge in [-0.15, -0.1) is 0 Å². The molecule has 0 heterocycles. The van der Waals surface area contributed by atoms with E-state index in [0.29, 0.717) is 11.3 Å². The van der Waals surface area contributed by atoms with Gasteiger partial charge in [-0.3, -0.25) is 4.79 Å². The van der Waals surface area contributed by atoms with Crippen LogP contribution < -0.4 is 11.1 Å². The van der Waals surface area contributed by atoms with Crippen LogP contribution in [0.25, 0.3) is 0 Å². The zero-order valence-electron chi connectivity index (χ0n) is 13.4. The first-order valence-corrected chi connectivity index (χ1v) is 8.46. The lowest BCUT2D eigenvalue weighted by molar-refractivity contribution is 0.102. The maximum Gasteiger partial charge on any atom is 0.255 e. The molecule has 3 N–H and O–H groups in total. The fourth-order valence-corrected chi connectivity index (χ4v) is 3.29. The molecule has 1 saturated carbocycles. The maximum atomic E-state index is 12.3. The van der Waals surface area contributed by atoms with Crippen molar-refractivity contribution in [3.63, 3.8) is 0 Å². The molecule has 0 bridgehead atoms. The van der Waals surface area contributed by atoms with Gasteiger partial charge >= 0.3 is 0 Å². The smallest absolute Gasteiger partial charge is 0.255 e. The number of carbonyl (C=O) groups excluding carboxylic acids is 1. The summed E-state index contributed by atoms with van der Waals surface area (Å²) in [7, 11) is 0. The molecule has 0 atom stereocenters. The van der Waals surface area contributed by atoms with Crippen LogP contribution in [-0.4, -0.2) is 5.91 Å². The number of hydrogen-bond donors (Lipinski definition) is 2. The van der Waals surface area contributed by atoms with Crippen molar-refractivity contribution in [3.8, 4) is 0 Å². The molecule has 3 rings (SSSR count). The summed E-state index contributed by atoms with van der Waals surface area (Å²) in [5, 5.41) is 2.89. The number of carbonyl (C=O) groups is 1. The molecule has 120 valence electrons. The van der Waals surface area contributed by atoms with E-state index in [2.05, 4.69) is 17.4 Å². The van der Waals surface area contributed by atoms with Crippen LogP contribution >= 0.6 is 0 Å². The largest absolute Gasteiger partial charge is 0.399 e. The van der Waals surface area contributed by atoms with Gasteiger partial charge in [-0.1, -0.05) is 44.2 Å². The van der Waals surface area contributed by atoms with Gasteiger partial charge < -0.3 is 11.1 Å². The Bertz CT molecular complexity index is 640.